The fourth-order valence-corrected chi connectivity index (χ4v) is 4.45. The van der Waals surface area contributed by atoms with Crippen molar-refractivity contribution >= 4 is 41.7 Å². The van der Waals surface area contributed by atoms with Gasteiger partial charge in [-0.25, -0.2) is 4.99 Å². The third-order valence-corrected chi connectivity index (χ3v) is 6.67. The van der Waals surface area contributed by atoms with Gasteiger partial charge in [-0.05, 0) is 50.3 Å². The lowest BCUT2D eigenvalue weighted by molar-refractivity contribution is -0.0198. The summed E-state index contributed by atoms with van der Waals surface area (Å²) in [6.45, 7) is 6.89. The van der Waals surface area contributed by atoms with Crippen LogP contribution < -0.4 is 15.4 Å². The zero-order chi connectivity index (χ0) is 19.1. The number of rotatable bonds is 10. The molecule has 2 unspecified atom stereocenters. The number of hydrogen-bond donors (Lipinski definition) is 3. The van der Waals surface area contributed by atoms with Gasteiger partial charge in [0.05, 0.1) is 18.8 Å². The molecule has 1 aromatic rings. The van der Waals surface area contributed by atoms with Crippen molar-refractivity contribution in [3.05, 3.63) is 29.8 Å². The summed E-state index contributed by atoms with van der Waals surface area (Å²) in [5, 5.41) is 17.7. The van der Waals surface area contributed by atoms with Crippen LogP contribution in [0.25, 0.3) is 0 Å². The van der Waals surface area contributed by atoms with Gasteiger partial charge < -0.3 is 20.5 Å². The van der Waals surface area contributed by atoms with Crippen LogP contribution in [-0.4, -0.2) is 47.4 Å². The van der Waals surface area contributed by atoms with Gasteiger partial charge in [-0.2, -0.15) is 11.8 Å². The summed E-state index contributed by atoms with van der Waals surface area (Å²) < 4.78 is 5.98. The largest absolute Gasteiger partial charge is 0.493 e. The second kappa shape index (κ2) is 11.5. The number of ether oxygens (including phenoxy) is 1. The van der Waals surface area contributed by atoms with Gasteiger partial charge in [-0.1, -0.05) is 25.1 Å². The summed E-state index contributed by atoms with van der Waals surface area (Å²) in [4.78, 5) is 4.72. The highest BCUT2D eigenvalue weighted by molar-refractivity contribution is 14.0. The fourth-order valence-electron chi connectivity index (χ4n) is 3.25. The normalized spacial score (nSPS) is 24.1. The van der Waals surface area contributed by atoms with Crippen LogP contribution in [0.3, 0.4) is 0 Å². The third-order valence-electron chi connectivity index (χ3n) is 5.26. The van der Waals surface area contributed by atoms with E-state index in [0.29, 0.717) is 18.3 Å². The first-order valence-electron chi connectivity index (χ1n) is 10.2. The summed E-state index contributed by atoms with van der Waals surface area (Å²) >= 11 is 1.85. The molecule has 3 N–H and O–H groups in total. The molecule has 28 heavy (non-hydrogen) atoms. The Labute approximate surface area is 190 Å². The lowest BCUT2D eigenvalue weighted by Crippen LogP contribution is -2.58. The monoisotopic (exact) mass is 519 g/mol. The van der Waals surface area contributed by atoms with Crippen molar-refractivity contribution in [1.29, 1.82) is 0 Å². The predicted octanol–water partition coefficient (Wildman–Crippen LogP) is 3.80. The Hall–Kier alpha value is -0.670. The number of aliphatic hydroxyl groups is 1. The smallest absolute Gasteiger partial charge is 0.191 e. The molecule has 0 aliphatic heterocycles. The van der Waals surface area contributed by atoms with E-state index in [-0.39, 0.29) is 24.0 Å². The Balaban J connectivity index is 0.00000280. The van der Waals surface area contributed by atoms with Crippen LogP contribution in [0.2, 0.25) is 0 Å². The van der Waals surface area contributed by atoms with E-state index in [2.05, 4.69) is 30.5 Å². The van der Waals surface area contributed by atoms with Gasteiger partial charge in [0.1, 0.15) is 5.75 Å². The van der Waals surface area contributed by atoms with E-state index in [9.17, 15) is 5.11 Å². The van der Waals surface area contributed by atoms with Crippen molar-refractivity contribution < 1.29 is 9.84 Å². The van der Waals surface area contributed by atoms with Gasteiger partial charge in [0, 0.05) is 23.9 Å². The fraction of sp³-hybridized carbons (Fsp3) is 0.667. The third kappa shape index (κ3) is 6.69. The van der Waals surface area contributed by atoms with E-state index < -0.39 is 5.60 Å². The Bertz CT molecular complexity index is 642. The average molecular weight is 519 g/mol. The minimum absolute atomic E-state index is 0. The molecular formula is C21H34IN3O2S. The van der Waals surface area contributed by atoms with Crippen LogP contribution >= 0.6 is 35.7 Å². The number of guanidine groups is 1. The molecule has 0 aromatic heterocycles. The second-order valence-corrected chi connectivity index (χ2v) is 8.98. The number of aliphatic imine (C=N–C) groups is 1. The summed E-state index contributed by atoms with van der Waals surface area (Å²) in [7, 11) is 0. The summed E-state index contributed by atoms with van der Waals surface area (Å²) in [6, 6.07) is 8.13. The molecule has 158 valence electrons. The topological polar surface area (TPSA) is 65.9 Å². The Morgan fingerprint density at radius 3 is 2.68 bits per heavy atom. The summed E-state index contributed by atoms with van der Waals surface area (Å²) in [6.07, 6.45) is 4.52. The number of nitrogens with zero attached hydrogens (tertiary/aromatic N) is 1. The number of hydrogen-bond acceptors (Lipinski definition) is 4. The number of nitrogens with one attached hydrogen (secondary N) is 2. The van der Waals surface area contributed by atoms with E-state index in [1.165, 1.54) is 12.8 Å². The molecule has 0 radical (unpaired) electrons. The molecule has 2 atom stereocenters. The highest BCUT2D eigenvalue weighted by Crippen LogP contribution is 2.40. The van der Waals surface area contributed by atoms with Gasteiger partial charge in [0.2, 0.25) is 0 Å². The molecular weight excluding hydrogens is 485 g/mol. The average Bonchev–Trinajstić information content (AvgIpc) is 3.50. The first-order valence-corrected chi connectivity index (χ1v) is 11.3. The van der Waals surface area contributed by atoms with Crippen LogP contribution in [0.5, 0.6) is 5.75 Å². The van der Waals surface area contributed by atoms with E-state index in [1.807, 2.05) is 30.0 Å². The predicted molar refractivity (Wildman–Crippen MR) is 129 cm³/mol. The number of para-hydroxylation sites is 1. The zero-order valence-corrected chi connectivity index (χ0v) is 20.1. The highest BCUT2D eigenvalue weighted by Gasteiger charge is 2.45. The van der Waals surface area contributed by atoms with E-state index in [0.717, 1.165) is 54.9 Å². The zero-order valence-electron chi connectivity index (χ0n) is 16.9. The van der Waals surface area contributed by atoms with Crippen molar-refractivity contribution in [3.8, 4) is 5.75 Å². The first-order chi connectivity index (χ1) is 13.1. The molecule has 0 bridgehead atoms. The number of thioether (sulfide) groups is 1. The van der Waals surface area contributed by atoms with Crippen LogP contribution in [0, 0.1) is 5.92 Å². The lowest BCUT2D eigenvalue weighted by atomic mass is 9.79. The van der Waals surface area contributed by atoms with Crippen LogP contribution in [0.4, 0.5) is 0 Å². The van der Waals surface area contributed by atoms with Gasteiger partial charge >= 0.3 is 0 Å². The maximum absolute atomic E-state index is 10.8. The lowest BCUT2D eigenvalue weighted by Gasteiger charge is -2.45. The molecule has 1 aromatic carbocycles. The van der Waals surface area contributed by atoms with Crippen LogP contribution in [-0.2, 0) is 6.54 Å². The first kappa shape index (κ1) is 23.6. The molecule has 2 fully saturated rings. The number of benzene rings is 1. The van der Waals surface area contributed by atoms with Crippen molar-refractivity contribution in [2.45, 2.75) is 56.9 Å². The van der Waals surface area contributed by atoms with Gasteiger partial charge in [-0.3, -0.25) is 0 Å². The van der Waals surface area contributed by atoms with Gasteiger partial charge in [-0.15, -0.1) is 24.0 Å². The van der Waals surface area contributed by atoms with Crippen molar-refractivity contribution in [3.63, 3.8) is 0 Å². The Morgan fingerprint density at radius 1 is 1.25 bits per heavy atom. The van der Waals surface area contributed by atoms with E-state index >= 15 is 0 Å². The van der Waals surface area contributed by atoms with Crippen LogP contribution in [0.1, 0.15) is 45.1 Å². The molecule has 0 amide bonds. The number of halogens is 1. The standard InChI is InChI=1S/C21H33N3O2S.HI/c1-3-22-20(24-15-21(25)12-11-19(21)27-4-2)23-13-17-7-5-6-8-18(17)26-14-16-9-10-16;/h5-8,16,19,25H,3-4,9-15H2,1-2H3,(H2,22,23,24);1H. The van der Waals surface area contributed by atoms with Crippen molar-refractivity contribution in [1.82, 2.24) is 10.6 Å². The Kier molecular flexibility index (Phi) is 9.69. The molecule has 2 aliphatic carbocycles. The quantitative estimate of drug-likeness (QED) is 0.250. The molecule has 7 heteroatoms. The minimum Gasteiger partial charge on any atom is -0.493 e. The molecule has 0 heterocycles. The van der Waals surface area contributed by atoms with Crippen molar-refractivity contribution in [2.24, 2.45) is 10.9 Å². The summed E-state index contributed by atoms with van der Waals surface area (Å²) in [5.74, 6) is 3.45. The maximum Gasteiger partial charge on any atom is 0.191 e. The van der Waals surface area contributed by atoms with E-state index in [4.69, 9.17) is 9.73 Å². The molecule has 2 aliphatic rings. The van der Waals surface area contributed by atoms with Crippen molar-refractivity contribution in [2.75, 3.05) is 25.4 Å². The minimum atomic E-state index is -0.623. The molecule has 3 rings (SSSR count). The molecule has 5 nitrogen and oxygen atoms in total. The maximum atomic E-state index is 10.8. The Morgan fingerprint density at radius 2 is 2.04 bits per heavy atom. The SMILES string of the molecule is CCNC(=NCc1ccccc1OCC1CC1)NCC1(O)CCC1SCC.I. The van der Waals surface area contributed by atoms with Gasteiger partial charge in [0.15, 0.2) is 5.96 Å². The molecule has 0 saturated heterocycles. The van der Waals surface area contributed by atoms with E-state index in [1.54, 1.807) is 0 Å². The van der Waals surface area contributed by atoms with Gasteiger partial charge in [0.25, 0.3) is 0 Å². The summed E-state index contributed by atoms with van der Waals surface area (Å²) in [5.41, 5.74) is 0.472. The molecule has 0 spiro atoms. The highest BCUT2D eigenvalue weighted by atomic mass is 127. The van der Waals surface area contributed by atoms with Crippen LogP contribution in [0.15, 0.2) is 29.3 Å². The molecule has 2 saturated carbocycles. The second-order valence-electron chi connectivity index (χ2n) is 7.50.